The van der Waals surface area contributed by atoms with Crippen LogP contribution in [-0.2, 0) is 9.59 Å². The highest BCUT2D eigenvalue weighted by atomic mass is 16.2. The smallest absolute Gasteiger partial charge is 0.237 e. The summed E-state index contributed by atoms with van der Waals surface area (Å²) in [4.78, 5) is 33.6. The molecule has 7 heteroatoms. The van der Waals surface area contributed by atoms with Gasteiger partial charge in [0.15, 0.2) is 0 Å². The molecule has 1 fully saturated rings. The third-order valence-electron chi connectivity index (χ3n) is 5.21. The van der Waals surface area contributed by atoms with Crippen LogP contribution in [0.1, 0.15) is 38.2 Å². The van der Waals surface area contributed by atoms with Gasteiger partial charge in [0, 0.05) is 30.1 Å². The van der Waals surface area contributed by atoms with Crippen molar-refractivity contribution in [2.24, 2.45) is 5.92 Å². The molecule has 2 aromatic rings. The van der Waals surface area contributed by atoms with Crippen molar-refractivity contribution in [3.05, 3.63) is 30.0 Å². The monoisotopic (exact) mass is 363 g/mol. The van der Waals surface area contributed by atoms with Crippen molar-refractivity contribution in [3.8, 4) is 6.07 Å². The summed E-state index contributed by atoms with van der Waals surface area (Å²) >= 11 is 0. The summed E-state index contributed by atoms with van der Waals surface area (Å²) in [5, 5.41) is 12.7. The van der Waals surface area contributed by atoms with Crippen molar-refractivity contribution in [1.29, 1.82) is 5.26 Å². The van der Waals surface area contributed by atoms with Crippen LogP contribution in [0, 0.1) is 17.2 Å². The van der Waals surface area contributed by atoms with Gasteiger partial charge in [-0.05, 0) is 49.5 Å². The molecule has 0 unspecified atom stereocenters. The second-order valence-electron chi connectivity index (χ2n) is 7.22. The molecule has 1 atom stereocenters. The number of hydrogen-bond donors (Lipinski definition) is 2. The van der Waals surface area contributed by atoms with Crippen LogP contribution < -0.4 is 5.32 Å². The van der Waals surface area contributed by atoms with Crippen LogP contribution in [0.5, 0.6) is 0 Å². The van der Waals surface area contributed by atoms with E-state index in [9.17, 15) is 9.59 Å². The van der Waals surface area contributed by atoms with E-state index in [-0.39, 0.29) is 30.2 Å². The largest absolute Gasteiger partial charge is 0.346 e. The summed E-state index contributed by atoms with van der Waals surface area (Å²) in [6.07, 6.45) is 6.35. The normalized spacial score (nSPS) is 19.5. The number of aromatic amines is 1. The molecule has 0 saturated heterocycles. The summed E-state index contributed by atoms with van der Waals surface area (Å²) in [6, 6.07) is 5.83. The molecule has 0 spiro atoms. The molecule has 2 amide bonds. The lowest BCUT2D eigenvalue weighted by Gasteiger charge is -2.33. The standard InChI is InChI=1S/C20H21N5O2/c1-12-10-14(6-9-25(12)18(26)4-7-21)16-11-17(24-20(27)13-2-3-13)23-19-15(16)5-8-22-19/h5-6,8,11-13H,2-4,9-10H2,1H3,(H2,22,23,24,27)/t12-/m0/s1. The first-order valence-corrected chi connectivity index (χ1v) is 9.21. The van der Waals surface area contributed by atoms with Crippen LogP contribution >= 0.6 is 0 Å². The Morgan fingerprint density at radius 3 is 2.96 bits per heavy atom. The molecule has 0 aromatic carbocycles. The third-order valence-corrected chi connectivity index (χ3v) is 5.21. The maximum Gasteiger partial charge on any atom is 0.237 e. The van der Waals surface area contributed by atoms with Gasteiger partial charge in [-0.15, -0.1) is 0 Å². The Kier molecular flexibility index (Phi) is 4.40. The van der Waals surface area contributed by atoms with E-state index in [0.717, 1.165) is 35.0 Å². The number of pyridine rings is 1. The van der Waals surface area contributed by atoms with Crippen LogP contribution in [0.2, 0.25) is 0 Å². The first-order valence-electron chi connectivity index (χ1n) is 9.21. The second-order valence-corrected chi connectivity index (χ2v) is 7.22. The van der Waals surface area contributed by atoms with E-state index >= 15 is 0 Å². The Morgan fingerprint density at radius 1 is 1.44 bits per heavy atom. The average molecular weight is 363 g/mol. The SMILES string of the molecule is C[C@H]1CC(c2cc(NC(=O)C3CC3)nc3[nH]ccc23)=CCN1C(=O)CC#N. The van der Waals surface area contributed by atoms with Crippen molar-refractivity contribution in [1.82, 2.24) is 14.9 Å². The van der Waals surface area contributed by atoms with Gasteiger partial charge in [-0.25, -0.2) is 4.98 Å². The van der Waals surface area contributed by atoms with Gasteiger partial charge in [0.05, 0.1) is 6.07 Å². The number of anilines is 1. The molecule has 1 saturated carbocycles. The summed E-state index contributed by atoms with van der Waals surface area (Å²) in [7, 11) is 0. The Balaban J connectivity index is 1.64. The molecule has 138 valence electrons. The first-order chi connectivity index (χ1) is 13.1. The number of nitriles is 1. The predicted octanol–water partition coefficient (Wildman–Crippen LogP) is 2.83. The molecule has 4 rings (SSSR count). The molecule has 1 aliphatic carbocycles. The van der Waals surface area contributed by atoms with Gasteiger partial charge >= 0.3 is 0 Å². The summed E-state index contributed by atoms with van der Waals surface area (Å²) in [5.74, 6) is 0.550. The lowest BCUT2D eigenvalue weighted by atomic mass is 9.93. The highest BCUT2D eigenvalue weighted by molar-refractivity contribution is 5.97. The van der Waals surface area contributed by atoms with E-state index in [4.69, 9.17) is 5.26 Å². The van der Waals surface area contributed by atoms with Crippen molar-refractivity contribution < 1.29 is 9.59 Å². The zero-order valence-corrected chi connectivity index (χ0v) is 15.2. The molecule has 0 radical (unpaired) electrons. The van der Waals surface area contributed by atoms with Crippen LogP contribution in [0.15, 0.2) is 24.4 Å². The van der Waals surface area contributed by atoms with Crippen LogP contribution in [-0.4, -0.2) is 39.3 Å². The number of carbonyl (C=O) groups excluding carboxylic acids is 2. The minimum atomic E-state index is -0.140. The fraction of sp³-hybridized carbons (Fsp3) is 0.400. The number of carbonyl (C=O) groups is 2. The van der Waals surface area contributed by atoms with Crippen LogP contribution in [0.25, 0.3) is 16.6 Å². The molecule has 1 aliphatic heterocycles. The number of fused-ring (bicyclic) bond motifs is 1. The molecular weight excluding hydrogens is 342 g/mol. The van der Waals surface area contributed by atoms with E-state index in [1.54, 1.807) is 4.90 Å². The first kappa shape index (κ1) is 17.3. The van der Waals surface area contributed by atoms with Crippen LogP contribution in [0.3, 0.4) is 0 Å². The van der Waals surface area contributed by atoms with Gasteiger partial charge in [0.25, 0.3) is 0 Å². The number of amides is 2. The molecule has 2 N–H and O–H groups in total. The zero-order valence-electron chi connectivity index (χ0n) is 15.2. The highest BCUT2D eigenvalue weighted by Gasteiger charge is 2.30. The lowest BCUT2D eigenvalue weighted by molar-refractivity contribution is -0.131. The van der Waals surface area contributed by atoms with Gasteiger partial charge in [-0.2, -0.15) is 5.26 Å². The predicted molar refractivity (Wildman–Crippen MR) is 101 cm³/mol. The Morgan fingerprint density at radius 2 is 2.26 bits per heavy atom. The fourth-order valence-corrected chi connectivity index (χ4v) is 3.58. The van der Waals surface area contributed by atoms with Crippen molar-refractivity contribution in [3.63, 3.8) is 0 Å². The van der Waals surface area contributed by atoms with E-state index in [2.05, 4.69) is 15.3 Å². The topological polar surface area (TPSA) is 102 Å². The zero-order chi connectivity index (χ0) is 19.0. The van der Waals surface area contributed by atoms with E-state index in [1.165, 1.54) is 0 Å². The Hall–Kier alpha value is -3.14. The molecule has 0 bridgehead atoms. The van der Waals surface area contributed by atoms with Gasteiger partial charge < -0.3 is 15.2 Å². The molecule has 3 heterocycles. The number of nitrogens with one attached hydrogen (secondary N) is 2. The molecule has 2 aromatic heterocycles. The minimum Gasteiger partial charge on any atom is -0.346 e. The molecule has 2 aliphatic rings. The van der Waals surface area contributed by atoms with E-state index in [0.29, 0.717) is 18.8 Å². The summed E-state index contributed by atoms with van der Waals surface area (Å²) < 4.78 is 0. The number of nitrogens with zero attached hydrogens (tertiary/aromatic N) is 3. The number of H-pyrrole nitrogens is 1. The number of rotatable bonds is 4. The molecule has 7 nitrogen and oxygen atoms in total. The highest BCUT2D eigenvalue weighted by Crippen LogP contribution is 2.34. The van der Waals surface area contributed by atoms with Crippen molar-refractivity contribution in [2.45, 2.75) is 38.6 Å². The minimum absolute atomic E-state index is 0.0116. The van der Waals surface area contributed by atoms with Gasteiger partial charge in [-0.1, -0.05) is 6.08 Å². The molecular formula is C20H21N5O2. The van der Waals surface area contributed by atoms with Crippen LogP contribution in [0.4, 0.5) is 5.82 Å². The Bertz CT molecular complexity index is 980. The number of hydrogen-bond acceptors (Lipinski definition) is 4. The van der Waals surface area contributed by atoms with Gasteiger partial charge in [0.2, 0.25) is 11.8 Å². The third kappa shape index (κ3) is 3.43. The van der Waals surface area contributed by atoms with E-state index < -0.39 is 0 Å². The Labute approximate surface area is 157 Å². The molecule has 27 heavy (non-hydrogen) atoms. The maximum atomic E-state index is 12.1. The van der Waals surface area contributed by atoms with Gasteiger partial charge in [-0.3, -0.25) is 9.59 Å². The fourth-order valence-electron chi connectivity index (χ4n) is 3.58. The second kappa shape index (κ2) is 6.88. The summed E-state index contributed by atoms with van der Waals surface area (Å²) in [5.41, 5.74) is 2.87. The maximum absolute atomic E-state index is 12.1. The number of aromatic nitrogens is 2. The lowest BCUT2D eigenvalue weighted by Crippen LogP contribution is -2.40. The van der Waals surface area contributed by atoms with Crippen molar-refractivity contribution in [2.75, 3.05) is 11.9 Å². The summed E-state index contributed by atoms with van der Waals surface area (Å²) in [6.45, 7) is 2.47. The quantitative estimate of drug-likeness (QED) is 0.872. The average Bonchev–Trinajstić information content (AvgIpc) is 3.39. The van der Waals surface area contributed by atoms with Crippen molar-refractivity contribution >= 4 is 34.2 Å². The van der Waals surface area contributed by atoms with Gasteiger partial charge in [0.1, 0.15) is 17.9 Å². The van der Waals surface area contributed by atoms with E-state index in [1.807, 2.05) is 37.4 Å².